The molecule has 0 saturated heterocycles. The first-order valence-electron chi connectivity index (χ1n) is 6.41. The summed E-state index contributed by atoms with van der Waals surface area (Å²) < 4.78 is 0. The second-order valence-electron chi connectivity index (χ2n) is 4.27. The molecule has 0 spiro atoms. The molecular weight excluding hydrogens is 291 g/mol. The predicted molar refractivity (Wildman–Crippen MR) is 87.4 cm³/mol. The molecule has 2 aromatic carbocycles. The fourth-order valence-electron chi connectivity index (χ4n) is 1.80. The smallest absolute Gasteiger partial charge is 0.180 e. The van der Waals surface area contributed by atoms with E-state index < -0.39 is 4.96 Å². The molecule has 3 rings (SSSR count). The number of alkyl halides is 2. The van der Waals surface area contributed by atoms with Crippen LogP contribution in [-0.2, 0) is 0 Å². The fraction of sp³-hybridized carbons (Fsp3) is 0.188. The van der Waals surface area contributed by atoms with Gasteiger partial charge in [-0.3, -0.25) is 4.99 Å². The minimum absolute atomic E-state index is 0.429. The Morgan fingerprint density at radius 2 is 1.35 bits per heavy atom. The number of rotatable bonds is 2. The summed E-state index contributed by atoms with van der Waals surface area (Å²) in [6.45, 7) is 1.66. The molecule has 0 fully saturated rings. The van der Waals surface area contributed by atoms with Crippen molar-refractivity contribution >= 4 is 29.5 Å². The van der Waals surface area contributed by atoms with E-state index in [2.05, 4.69) is 53.5 Å². The summed E-state index contributed by atoms with van der Waals surface area (Å²) in [6.07, 6.45) is 1.67. The number of nitrogens with zero attached hydrogens (tertiary/aromatic N) is 2. The Balaban J connectivity index is 0.000000160. The lowest BCUT2D eigenvalue weighted by atomic mass is 10.1. The highest BCUT2D eigenvalue weighted by molar-refractivity contribution is 6.44. The lowest BCUT2D eigenvalue weighted by molar-refractivity contribution is 0.512. The van der Waals surface area contributed by atoms with Gasteiger partial charge in [-0.1, -0.05) is 83.9 Å². The molecule has 0 aliphatic carbocycles. The molecule has 0 amide bonds. The number of benzene rings is 2. The minimum Gasteiger partial charge on any atom is -0.332 e. The van der Waals surface area contributed by atoms with Crippen LogP contribution in [0.3, 0.4) is 0 Å². The molecule has 1 aliphatic rings. The molecule has 0 atom stereocenters. The van der Waals surface area contributed by atoms with Crippen LogP contribution in [0.5, 0.6) is 0 Å². The Morgan fingerprint density at radius 3 is 1.65 bits per heavy atom. The molecule has 0 bridgehead atoms. The fourth-order valence-corrected chi connectivity index (χ4v) is 2.10. The molecule has 20 heavy (non-hydrogen) atoms. The average molecular weight is 307 g/mol. The zero-order valence-electron chi connectivity index (χ0n) is 11.0. The van der Waals surface area contributed by atoms with Crippen LogP contribution >= 0.6 is 23.2 Å². The summed E-state index contributed by atoms with van der Waals surface area (Å²) in [6, 6.07) is 20.8. The van der Waals surface area contributed by atoms with Crippen LogP contribution in [-0.4, -0.2) is 29.3 Å². The Labute approximate surface area is 129 Å². The first-order valence-corrected chi connectivity index (χ1v) is 7.29. The van der Waals surface area contributed by atoms with Crippen molar-refractivity contribution in [2.24, 2.45) is 4.99 Å². The Kier molecular flexibility index (Phi) is 5.90. The van der Waals surface area contributed by atoms with Crippen LogP contribution in [0.15, 0.2) is 65.7 Å². The van der Waals surface area contributed by atoms with Gasteiger partial charge in [-0.25, -0.2) is 0 Å². The van der Waals surface area contributed by atoms with Crippen LogP contribution < -0.4 is 0 Å². The molecule has 2 aromatic rings. The molecule has 0 saturated carbocycles. The van der Waals surface area contributed by atoms with E-state index in [1.54, 1.807) is 11.2 Å². The van der Waals surface area contributed by atoms with Crippen LogP contribution in [0.4, 0.5) is 0 Å². The number of hydrogen-bond acceptors (Lipinski definition) is 2. The van der Waals surface area contributed by atoms with E-state index >= 15 is 0 Å². The van der Waals surface area contributed by atoms with E-state index in [0.29, 0.717) is 0 Å². The van der Waals surface area contributed by atoms with Crippen molar-refractivity contribution in [3.8, 4) is 11.1 Å². The molecule has 4 heteroatoms. The van der Waals surface area contributed by atoms with Gasteiger partial charge in [0.15, 0.2) is 4.96 Å². The van der Waals surface area contributed by atoms with E-state index in [-0.39, 0.29) is 0 Å². The van der Waals surface area contributed by atoms with E-state index in [1.165, 1.54) is 11.1 Å². The zero-order valence-corrected chi connectivity index (χ0v) is 12.5. The molecule has 0 aromatic heterocycles. The number of halogens is 2. The molecular formula is C16H16Cl2N2. The molecule has 0 unspecified atom stereocenters. The van der Waals surface area contributed by atoms with Crippen molar-refractivity contribution in [3.05, 3.63) is 60.7 Å². The van der Waals surface area contributed by atoms with Crippen molar-refractivity contribution < 1.29 is 0 Å². The van der Waals surface area contributed by atoms with Crippen LogP contribution in [0.2, 0.25) is 0 Å². The van der Waals surface area contributed by atoms with Crippen molar-refractivity contribution in [2.75, 3.05) is 13.1 Å². The minimum atomic E-state index is -0.429. The molecule has 2 nitrogen and oxygen atoms in total. The van der Waals surface area contributed by atoms with Gasteiger partial charge in [-0.2, -0.15) is 0 Å². The first kappa shape index (κ1) is 14.9. The molecule has 0 radical (unpaired) electrons. The molecule has 104 valence electrons. The van der Waals surface area contributed by atoms with Gasteiger partial charge in [0, 0.05) is 6.54 Å². The summed E-state index contributed by atoms with van der Waals surface area (Å²) in [5.41, 5.74) is 2.55. The normalized spacial score (nSPS) is 13.2. The lowest BCUT2D eigenvalue weighted by Crippen LogP contribution is -2.23. The van der Waals surface area contributed by atoms with Gasteiger partial charge in [0.05, 0.1) is 12.9 Å². The quantitative estimate of drug-likeness (QED) is 0.591. The van der Waals surface area contributed by atoms with Gasteiger partial charge in [-0.05, 0) is 11.1 Å². The summed E-state index contributed by atoms with van der Waals surface area (Å²) in [7, 11) is 0. The zero-order chi connectivity index (χ0) is 14.2. The Morgan fingerprint density at radius 1 is 0.850 bits per heavy atom. The SMILES string of the molecule is ClC(Cl)N1C=NCC1.c1ccc(-c2ccccc2)cc1. The number of hydrogen-bond donors (Lipinski definition) is 0. The third kappa shape index (κ3) is 4.55. The highest BCUT2D eigenvalue weighted by atomic mass is 35.5. The molecule has 1 heterocycles. The standard InChI is InChI=1S/C12H10.C4H6Cl2N2/c1-3-7-11(8-4-1)12-9-5-2-6-10-12;5-4(6)8-2-1-7-3-8/h1-10H;3-4H,1-2H2. The van der Waals surface area contributed by atoms with Crippen molar-refractivity contribution in [1.29, 1.82) is 0 Å². The van der Waals surface area contributed by atoms with Crippen molar-refractivity contribution in [1.82, 2.24) is 4.90 Å². The second-order valence-corrected chi connectivity index (χ2v) is 5.32. The summed E-state index contributed by atoms with van der Waals surface area (Å²) in [4.78, 5) is 5.26. The largest absolute Gasteiger partial charge is 0.332 e. The molecule has 0 N–H and O–H groups in total. The third-order valence-electron chi connectivity index (χ3n) is 2.85. The maximum Gasteiger partial charge on any atom is 0.180 e. The predicted octanol–water partition coefficient (Wildman–Crippen LogP) is 4.45. The van der Waals surface area contributed by atoms with Gasteiger partial charge < -0.3 is 4.90 Å². The Hall–Kier alpha value is -1.51. The average Bonchev–Trinajstić information content (AvgIpc) is 3.04. The maximum absolute atomic E-state index is 5.48. The monoisotopic (exact) mass is 306 g/mol. The highest BCUT2D eigenvalue weighted by Crippen LogP contribution is 2.17. The van der Waals surface area contributed by atoms with Crippen LogP contribution in [0.25, 0.3) is 11.1 Å². The van der Waals surface area contributed by atoms with E-state index in [9.17, 15) is 0 Å². The topological polar surface area (TPSA) is 15.6 Å². The van der Waals surface area contributed by atoms with Gasteiger partial charge in [0.25, 0.3) is 0 Å². The maximum atomic E-state index is 5.48. The van der Waals surface area contributed by atoms with Gasteiger partial charge in [0.2, 0.25) is 0 Å². The Bertz CT molecular complexity index is 489. The van der Waals surface area contributed by atoms with Gasteiger partial charge in [-0.15, -0.1) is 0 Å². The number of aliphatic imine (C=N–C) groups is 1. The summed E-state index contributed by atoms with van der Waals surface area (Å²) in [5.74, 6) is 0. The van der Waals surface area contributed by atoms with E-state index in [0.717, 1.165) is 13.1 Å². The lowest BCUT2D eigenvalue weighted by Gasteiger charge is -2.12. The third-order valence-corrected chi connectivity index (χ3v) is 3.35. The highest BCUT2D eigenvalue weighted by Gasteiger charge is 2.10. The first-order chi connectivity index (χ1) is 9.77. The van der Waals surface area contributed by atoms with E-state index in [4.69, 9.17) is 23.2 Å². The van der Waals surface area contributed by atoms with Gasteiger partial charge in [0.1, 0.15) is 0 Å². The van der Waals surface area contributed by atoms with E-state index in [1.807, 2.05) is 12.1 Å². The van der Waals surface area contributed by atoms with Crippen LogP contribution in [0, 0.1) is 0 Å². The molecule has 1 aliphatic heterocycles. The van der Waals surface area contributed by atoms with Crippen molar-refractivity contribution in [3.63, 3.8) is 0 Å². The van der Waals surface area contributed by atoms with Gasteiger partial charge >= 0.3 is 0 Å². The summed E-state index contributed by atoms with van der Waals surface area (Å²) in [5, 5.41) is 0. The summed E-state index contributed by atoms with van der Waals surface area (Å²) >= 11 is 11.0. The van der Waals surface area contributed by atoms with Crippen molar-refractivity contribution in [2.45, 2.75) is 4.96 Å². The second kappa shape index (κ2) is 7.93. The van der Waals surface area contributed by atoms with Crippen LogP contribution in [0.1, 0.15) is 0 Å².